The molecule has 0 amide bonds. The highest BCUT2D eigenvalue weighted by Crippen LogP contribution is 2.32. The van der Waals surface area contributed by atoms with E-state index in [9.17, 15) is 0 Å². The fourth-order valence-corrected chi connectivity index (χ4v) is 2.17. The molecule has 0 heterocycles. The van der Waals surface area contributed by atoms with E-state index in [1.165, 1.54) is 5.56 Å². The third kappa shape index (κ3) is 3.75. The van der Waals surface area contributed by atoms with Crippen molar-refractivity contribution < 1.29 is 4.74 Å². The van der Waals surface area contributed by atoms with E-state index in [4.69, 9.17) is 16.3 Å². The Morgan fingerprint density at radius 2 is 1.85 bits per heavy atom. The van der Waals surface area contributed by atoms with Crippen molar-refractivity contribution in [2.45, 2.75) is 27.3 Å². The number of ether oxygens (including phenoxy) is 1. The second-order valence-corrected chi connectivity index (χ2v) is 5.32. The zero-order valence-corrected chi connectivity index (χ0v) is 12.9. The molecule has 20 heavy (non-hydrogen) atoms. The van der Waals surface area contributed by atoms with E-state index in [1.54, 1.807) is 0 Å². The Bertz CT molecular complexity index is 596. The molecule has 106 valence electrons. The molecule has 0 aliphatic rings. The van der Waals surface area contributed by atoms with Gasteiger partial charge >= 0.3 is 0 Å². The van der Waals surface area contributed by atoms with E-state index in [-0.39, 0.29) is 0 Å². The van der Waals surface area contributed by atoms with Crippen LogP contribution in [0.25, 0.3) is 0 Å². The number of rotatable bonds is 5. The van der Waals surface area contributed by atoms with E-state index >= 15 is 0 Å². The molecule has 0 fully saturated rings. The average molecular weight is 290 g/mol. The maximum Gasteiger partial charge on any atom is 0.146 e. The van der Waals surface area contributed by atoms with Crippen molar-refractivity contribution in [1.82, 2.24) is 5.32 Å². The molecule has 0 unspecified atom stereocenters. The molecule has 0 bridgehead atoms. The van der Waals surface area contributed by atoms with Crippen LogP contribution in [0.3, 0.4) is 0 Å². The number of hydrogen-bond donors (Lipinski definition) is 1. The van der Waals surface area contributed by atoms with Crippen molar-refractivity contribution in [2.75, 3.05) is 6.54 Å². The van der Waals surface area contributed by atoms with E-state index in [0.717, 1.165) is 30.0 Å². The van der Waals surface area contributed by atoms with Gasteiger partial charge in [-0.25, -0.2) is 0 Å². The first-order chi connectivity index (χ1) is 9.60. The summed E-state index contributed by atoms with van der Waals surface area (Å²) in [6.45, 7) is 8.02. The van der Waals surface area contributed by atoms with Crippen molar-refractivity contribution in [3.63, 3.8) is 0 Å². The van der Waals surface area contributed by atoms with Crippen LogP contribution >= 0.6 is 11.6 Å². The van der Waals surface area contributed by atoms with E-state index in [1.807, 2.05) is 31.2 Å². The Morgan fingerprint density at radius 3 is 2.55 bits per heavy atom. The van der Waals surface area contributed by atoms with Crippen LogP contribution in [0.1, 0.15) is 23.6 Å². The van der Waals surface area contributed by atoms with Gasteiger partial charge in [0.25, 0.3) is 0 Å². The van der Waals surface area contributed by atoms with Gasteiger partial charge in [-0.3, -0.25) is 0 Å². The maximum absolute atomic E-state index is 6.16. The molecule has 0 saturated carbocycles. The Morgan fingerprint density at radius 1 is 1.05 bits per heavy atom. The first-order valence-electron chi connectivity index (χ1n) is 6.84. The lowest BCUT2D eigenvalue weighted by Crippen LogP contribution is -2.11. The van der Waals surface area contributed by atoms with Crippen molar-refractivity contribution in [3.05, 3.63) is 58.1 Å². The highest BCUT2D eigenvalue weighted by atomic mass is 35.5. The van der Waals surface area contributed by atoms with Crippen LogP contribution in [0, 0.1) is 13.8 Å². The molecule has 0 spiro atoms. The predicted octanol–water partition coefficient (Wildman–Crippen LogP) is 4.86. The SMILES string of the molecule is CCNCc1ccc(Oc2cc(C)ccc2Cl)c(C)c1. The van der Waals surface area contributed by atoms with Crippen molar-refractivity contribution in [2.24, 2.45) is 0 Å². The number of nitrogens with one attached hydrogen (secondary N) is 1. The fourth-order valence-electron chi connectivity index (χ4n) is 2.01. The number of aryl methyl sites for hydroxylation is 2. The maximum atomic E-state index is 6.16. The molecule has 0 radical (unpaired) electrons. The quantitative estimate of drug-likeness (QED) is 0.849. The Kier molecular flexibility index (Phi) is 5.05. The fraction of sp³-hybridized carbons (Fsp3) is 0.294. The van der Waals surface area contributed by atoms with Gasteiger partial charge in [-0.05, 0) is 55.3 Å². The third-order valence-electron chi connectivity index (χ3n) is 3.13. The molecule has 0 aliphatic carbocycles. The van der Waals surface area contributed by atoms with Crippen molar-refractivity contribution in [1.29, 1.82) is 0 Å². The van der Waals surface area contributed by atoms with Crippen LogP contribution in [0.15, 0.2) is 36.4 Å². The van der Waals surface area contributed by atoms with Crippen molar-refractivity contribution >= 4 is 11.6 Å². The smallest absolute Gasteiger partial charge is 0.146 e. The summed E-state index contributed by atoms with van der Waals surface area (Å²) in [6.07, 6.45) is 0. The van der Waals surface area contributed by atoms with E-state index in [0.29, 0.717) is 10.8 Å². The van der Waals surface area contributed by atoms with Crippen LogP contribution in [-0.4, -0.2) is 6.54 Å². The molecule has 1 N–H and O–H groups in total. The van der Waals surface area contributed by atoms with Gasteiger partial charge in [0.2, 0.25) is 0 Å². The van der Waals surface area contributed by atoms with Gasteiger partial charge in [-0.15, -0.1) is 0 Å². The highest BCUT2D eigenvalue weighted by Gasteiger charge is 2.06. The van der Waals surface area contributed by atoms with Gasteiger partial charge in [0.1, 0.15) is 11.5 Å². The molecule has 2 aromatic rings. The first-order valence-corrected chi connectivity index (χ1v) is 7.22. The third-order valence-corrected chi connectivity index (χ3v) is 3.44. The summed E-state index contributed by atoms with van der Waals surface area (Å²) < 4.78 is 5.93. The van der Waals surface area contributed by atoms with Gasteiger partial charge in [-0.1, -0.05) is 36.7 Å². The standard InChI is InChI=1S/C17H20ClNO/c1-4-19-11-14-6-8-16(13(3)10-14)20-17-9-12(2)5-7-15(17)18/h5-10,19H,4,11H2,1-3H3. The molecule has 0 saturated heterocycles. The largest absolute Gasteiger partial charge is 0.456 e. The molecule has 2 nitrogen and oxygen atoms in total. The topological polar surface area (TPSA) is 21.3 Å². The Hall–Kier alpha value is -1.51. The number of halogens is 1. The van der Waals surface area contributed by atoms with E-state index < -0.39 is 0 Å². The van der Waals surface area contributed by atoms with Crippen LogP contribution in [0.2, 0.25) is 5.02 Å². The number of hydrogen-bond acceptors (Lipinski definition) is 2. The van der Waals surface area contributed by atoms with Crippen LogP contribution in [-0.2, 0) is 6.54 Å². The monoisotopic (exact) mass is 289 g/mol. The minimum Gasteiger partial charge on any atom is -0.456 e. The highest BCUT2D eigenvalue weighted by molar-refractivity contribution is 6.32. The van der Waals surface area contributed by atoms with Gasteiger partial charge in [-0.2, -0.15) is 0 Å². The lowest BCUT2D eigenvalue weighted by Gasteiger charge is -2.12. The summed E-state index contributed by atoms with van der Waals surface area (Å²) in [7, 11) is 0. The van der Waals surface area contributed by atoms with E-state index in [2.05, 4.69) is 31.3 Å². The minimum absolute atomic E-state index is 0.631. The molecule has 2 rings (SSSR count). The summed E-state index contributed by atoms with van der Waals surface area (Å²) in [5.41, 5.74) is 3.50. The summed E-state index contributed by atoms with van der Waals surface area (Å²) >= 11 is 6.16. The first kappa shape index (κ1) is 14.9. The van der Waals surface area contributed by atoms with Gasteiger partial charge < -0.3 is 10.1 Å². The molecule has 2 aromatic carbocycles. The zero-order chi connectivity index (χ0) is 14.5. The average Bonchev–Trinajstić information content (AvgIpc) is 2.43. The van der Waals surface area contributed by atoms with Crippen LogP contribution in [0.5, 0.6) is 11.5 Å². The normalized spacial score (nSPS) is 10.6. The Labute approximate surface area is 125 Å². The van der Waals surface area contributed by atoms with Crippen LogP contribution < -0.4 is 10.1 Å². The molecule has 0 aliphatic heterocycles. The van der Waals surface area contributed by atoms with Crippen LogP contribution in [0.4, 0.5) is 0 Å². The molecular formula is C17H20ClNO. The molecule has 0 atom stereocenters. The Balaban J connectivity index is 2.19. The number of benzene rings is 2. The van der Waals surface area contributed by atoms with Gasteiger partial charge in [0, 0.05) is 6.54 Å². The molecular weight excluding hydrogens is 270 g/mol. The second-order valence-electron chi connectivity index (χ2n) is 4.92. The van der Waals surface area contributed by atoms with Gasteiger partial charge in [0.05, 0.1) is 5.02 Å². The summed E-state index contributed by atoms with van der Waals surface area (Å²) in [5, 5.41) is 3.95. The molecule has 3 heteroatoms. The summed E-state index contributed by atoms with van der Waals surface area (Å²) in [4.78, 5) is 0. The zero-order valence-electron chi connectivity index (χ0n) is 12.2. The summed E-state index contributed by atoms with van der Waals surface area (Å²) in [5.74, 6) is 1.55. The predicted molar refractivity (Wildman–Crippen MR) is 84.8 cm³/mol. The van der Waals surface area contributed by atoms with Gasteiger partial charge in [0.15, 0.2) is 0 Å². The minimum atomic E-state index is 0.631. The second kappa shape index (κ2) is 6.78. The molecule has 0 aromatic heterocycles. The summed E-state index contributed by atoms with van der Waals surface area (Å²) in [6, 6.07) is 12.0. The lowest BCUT2D eigenvalue weighted by molar-refractivity contribution is 0.478. The lowest BCUT2D eigenvalue weighted by atomic mass is 10.1. The van der Waals surface area contributed by atoms with Crippen molar-refractivity contribution in [3.8, 4) is 11.5 Å².